The zero-order valence-electron chi connectivity index (χ0n) is 14.0. The van der Waals surface area contributed by atoms with Gasteiger partial charge in [-0.2, -0.15) is 0 Å². The average molecular weight is 346 g/mol. The summed E-state index contributed by atoms with van der Waals surface area (Å²) in [5.41, 5.74) is 0.318. The first-order chi connectivity index (χ1) is 11.6. The molecule has 1 fully saturated rings. The first-order valence-electron chi connectivity index (χ1n) is 8.12. The third-order valence-corrected chi connectivity index (χ3v) is 5.29. The number of rotatable bonds is 5. The Morgan fingerprint density at radius 2 is 2.33 bits per heavy atom. The number of nitrogens with one attached hydrogen (secondary N) is 1. The topological polar surface area (TPSA) is 60.5 Å². The van der Waals surface area contributed by atoms with Crippen molar-refractivity contribution in [3.05, 3.63) is 35.3 Å². The van der Waals surface area contributed by atoms with Crippen molar-refractivity contribution < 1.29 is 14.3 Å². The molecule has 1 aromatic carbocycles. The van der Waals surface area contributed by atoms with Crippen LogP contribution in [-0.4, -0.2) is 30.2 Å². The van der Waals surface area contributed by atoms with Gasteiger partial charge in [0, 0.05) is 23.2 Å². The van der Waals surface area contributed by atoms with Gasteiger partial charge in [-0.05, 0) is 38.3 Å². The monoisotopic (exact) mass is 346 g/mol. The first-order valence-corrected chi connectivity index (χ1v) is 8.94. The second kappa shape index (κ2) is 7.32. The third-order valence-electron chi connectivity index (χ3n) is 4.24. The van der Waals surface area contributed by atoms with E-state index in [2.05, 4.69) is 10.3 Å². The smallest absolute Gasteiger partial charge is 0.252 e. The predicted molar refractivity (Wildman–Crippen MR) is 94.2 cm³/mol. The Balaban J connectivity index is 1.62. The van der Waals surface area contributed by atoms with Crippen LogP contribution < -0.4 is 10.1 Å². The van der Waals surface area contributed by atoms with E-state index in [1.807, 2.05) is 37.4 Å². The van der Waals surface area contributed by atoms with Gasteiger partial charge in [0.25, 0.3) is 5.91 Å². The lowest BCUT2D eigenvalue weighted by molar-refractivity contribution is -0.150. The molecule has 6 heteroatoms. The molecule has 2 aromatic rings. The highest BCUT2D eigenvalue weighted by Gasteiger charge is 2.35. The van der Waals surface area contributed by atoms with Gasteiger partial charge < -0.3 is 14.8 Å². The Morgan fingerprint density at radius 1 is 1.46 bits per heavy atom. The number of carbonyl (C=O) groups is 1. The molecule has 0 saturated carbocycles. The Hall–Kier alpha value is -1.92. The van der Waals surface area contributed by atoms with Crippen LogP contribution in [0.3, 0.4) is 0 Å². The minimum Gasteiger partial charge on any atom is -0.497 e. The molecular formula is C18H22N2O3S. The highest BCUT2D eigenvalue weighted by atomic mass is 32.1. The van der Waals surface area contributed by atoms with Crippen LogP contribution >= 0.6 is 11.3 Å². The maximum absolute atomic E-state index is 12.4. The molecule has 0 bridgehead atoms. The van der Waals surface area contributed by atoms with Crippen molar-refractivity contribution in [3.63, 3.8) is 0 Å². The molecule has 1 amide bonds. The highest BCUT2D eigenvalue weighted by molar-refractivity contribution is 7.15. The fourth-order valence-corrected chi connectivity index (χ4v) is 3.59. The minimum atomic E-state index is -0.696. The summed E-state index contributed by atoms with van der Waals surface area (Å²) in [6.45, 7) is 3.00. The zero-order chi connectivity index (χ0) is 17.0. The van der Waals surface area contributed by atoms with Crippen LogP contribution in [0, 0.1) is 0 Å². The van der Waals surface area contributed by atoms with Gasteiger partial charge >= 0.3 is 0 Å². The van der Waals surface area contributed by atoms with E-state index in [1.54, 1.807) is 18.4 Å². The van der Waals surface area contributed by atoms with E-state index < -0.39 is 5.60 Å². The van der Waals surface area contributed by atoms with E-state index in [-0.39, 0.29) is 5.91 Å². The summed E-state index contributed by atoms with van der Waals surface area (Å²) >= 11 is 1.57. The molecule has 2 heterocycles. The molecule has 0 aliphatic carbocycles. The molecule has 24 heavy (non-hydrogen) atoms. The Kier molecular flexibility index (Phi) is 5.16. The number of benzene rings is 1. The summed E-state index contributed by atoms with van der Waals surface area (Å²) in [5.74, 6) is 0.762. The van der Waals surface area contributed by atoms with E-state index in [9.17, 15) is 4.79 Å². The first kappa shape index (κ1) is 16.9. The van der Waals surface area contributed by atoms with Gasteiger partial charge in [-0.3, -0.25) is 4.79 Å². The summed E-state index contributed by atoms with van der Waals surface area (Å²) in [6.07, 6.45) is 4.65. The van der Waals surface area contributed by atoms with E-state index in [4.69, 9.17) is 9.47 Å². The lowest BCUT2D eigenvalue weighted by atomic mass is 9.95. The second-order valence-corrected chi connectivity index (χ2v) is 7.20. The number of methoxy groups -OCH3 is 1. The number of thiazole rings is 1. The van der Waals surface area contributed by atoms with Gasteiger partial charge in [-0.1, -0.05) is 12.1 Å². The largest absolute Gasteiger partial charge is 0.497 e. The lowest BCUT2D eigenvalue weighted by Gasteiger charge is -2.32. The van der Waals surface area contributed by atoms with Crippen molar-refractivity contribution in [1.29, 1.82) is 0 Å². The number of amides is 1. The van der Waals surface area contributed by atoms with Crippen molar-refractivity contribution in [2.75, 3.05) is 13.7 Å². The fraction of sp³-hybridized carbons (Fsp3) is 0.444. The molecular weight excluding hydrogens is 324 g/mol. The second-order valence-electron chi connectivity index (χ2n) is 6.08. The van der Waals surface area contributed by atoms with Crippen LogP contribution in [0.5, 0.6) is 5.75 Å². The quantitative estimate of drug-likeness (QED) is 0.901. The predicted octanol–water partition coefficient (Wildman–Crippen LogP) is 3.39. The Labute approximate surface area is 146 Å². The SMILES string of the molecule is COc1cccc(-c2ncc(CNC(=O)[C@@]3(C)CCCCO3)s2)c1. The van der Waals surface area contributed by atoms with Gasteiger partial charge in [0.2, 0.25) is 0 Å². The summed E-state index contributed by atoms with van der Waals surface area (Å²) in [7, 11) is 1.65. The molecule has 0 spiro atoms. The number of carbonyl (C=O) groups excluding carboxylic acids is 1. The minimum absolute atomic E-state index is 0.0430. The zero-order valence-corrected chi connectivity index (χ0v) is 14.8. The maximum atomic E-state index is 12.4. The molecule has 1 aliphatic heterocycles. The Morgan fingerprint density at radius 3 is 3.08 bits per heavy atom. The van der Waals surface area contributed by atoms with Gasteiger partial charge in [-0.25, -0.2) is 4.98 Å². The number of nitrogens with zero attached hydrogens (tertiary/aromatic N) is 1. The molecule has 0 radical (unpaired) electrons. The average Bonchev–Trinajstić information content (AvgIpc) is 3.09. The molecule has 1 aromatic heterocycles. The fourth-order valence-electron chi connectivity index (χ4n) is 2.75. The van der Waals surface area contributed by atoms with Crippen LogP contribution in [0.2, 0.25) is 0 Å². The molecule has 1 N–H and O–H groups in total. The standard InChI is InChI=1S/C18H22N2O3S/c1-18(8-3-4-9-23-18)17(21)20-12-15-11-19-16(24-15)13-6-5-7-14(10-13)22-2/h5-7,10-11H,3-4,8-9,12H2,1-2H3,(H,20,21)/t18-/m1/s1. The van der Waals surface area contributed by atoms with Crippen LogP contribution in [0.25, 0.3) is 10.6 Å². The van der Waals surface area contributed by atoms with Crippen LogP contribution in [0.4, 0.5) is 0 Å². The Bertz CT molecular complexity index is 708. The van der Waals surface area contributed by atoms with E-state index in [0.29, 0.717) is 13.2 Å². The summed E-state index contributed by atoms with van der Waals surface area (Å²) in [4.78, 5) is 17.8. The van der Waals surface area contributed by atoms with E-state index in [0.717, 1.165) is 40.5 Å². The van der Waals surface area contributed by atoms with E-state index in [1.165, 1.54) is 0 Å². The number of hydrogen-bond donors (Lipinski definition) is 1. The normalized spacial score (nSPS) is 20.6. The summed E-state index contributed by atoms with van der Waals surface area (Å²) in [5, 5.41) is 3.89. The number of aromatic nitrogens is 1. The van der Waals surface area contributed by atoms with Gasteiger partial charge in [0.05, 0.1) is 13.7 Å². The summed E-state index contributed by atoms with van der Waals surface area (Å²) in [6, 6.07) is 7.81. The van der Waals surface area contributed by atoms with Gasteiger partial charge in [0.1, 0.15) is 16.4 Å². The molecule has 1 atom stereocenters. The van der Waals surface area contributed by atoms with Gasteiger partial charge in [0.15, 0.2) is 0 Å². The van der Waals surface area contributed by atoms with Crippen molar-refractivity contribution >= 4 is 17.2 Å². The van der Waals surface area contributed by atoms with Crippen LogP contribution in [0.1, 0.15) is 31.1 Å². The van der Waals surface area contributed by atoms with Crippen molar-refractivity contribution in [2.24, 2.45) is 0 Å². The highest BCUT2D eigenvalue weighted by Crippen LogP contribution is 2.28. The third kappa shape index (κ3) is 3.76. The maximum Gasteiger partial charge on any atom is 0.252 e. The number of ether oxygens (including phenoxy) is 2. The van der Waals surface area contributed by atoms with Crippen molar-refractivity contribution in [2.45, 2.75) is 38.3 Å². The van der Waals surface area contributed by atoms with Gasteiger partial charge in [-0.15, -0.1) is 11.3 Å². The summed E-state index contributed by atoms with van der Waals surface area (Å²) < 4.78 is 10.9. The van der Waals surface area contributed by atoms with E-state index >= 15 is 0 Å². The lowest BCUT2D eigenvalue weighted by Crippen LogP contribution is -2.48. The number of hydrogen-bond acceptors (Lipinski definition) is 5. The molecule has 128 valence electrons. The van der Waals surface area contributed by atoms with Crippen molar-refractivity contribution in [1.82, 2.24) is 10.3 Å². The van der Waals surface area contributed by atoms with Crippen molar-refractivity contribution in [3.8, 4) is 16.3 Å². The molecule has 1 aliphatic rings. The molecule has 3 rings (SSSR count). The van der Waals surface area contributed by atoms with Crippen LogP contribution in [0.15, 0.2) is 30.5 Å². The molecule has 1 saturated heterocycles. The van der Waals surface area contributed by atoms with Crippen LogP contribution in [-0.2, 0) is 16.1 Å². The molecule has 0 unspecified atom stereocenters. The molecule has 5 nitrogen and oxygen atoms in total.